The number of methoxy groups -OCH3 is 4. The summed E-state index contributed by atoms with van der Waals surface area (Å²) >= 11 is 0. The van der Waals surface area contributed by atoms with Crippen molar-refractivity contribution in [2.75, 3.05) is 54.0 Å². The van der Waals surface area contributed by atoms with Gasteiger partial charge in [-0.05, 0) is 47.5 Å². The van der Waals surface area contributed by atoms with Crippen LogP contribution < -0.4 is 33.7 Å². The second-order valence-electron chi connectivity index (χ2n) is 9.10. The van der Waals surface area contributed by atoms with E-state index in [9.17, 15) is 9.59 Å². The van der Waals surface area contributed by atoms with Crippen molar-refractivity contribution in [1.29, 1.82) is 0 Å². The fourth-order valence-electron chi connectivity index (χ4n) is 5.13. The van der Waals surface area contributed by atoms with Crippen molar-refractivity contribution < 1.29 is 38.0 Å². The number of likely N-dealkylation sites (N-methyl/N-ethyl adjacent to an activating group) is 1. The molecule has 1 N–H and O–H groups in total. The average Bonchev–Trinajstić information content (AvgIpc) is 2.97. The molecule has 3 aromatic carbocycles. The molecular formula is C29H30N2O8. The Labute approximate surface area is 226 Å². The fourth-order valence-corrected chi connectivity index (χ4v) is 5.13. The van der Waals surface area contributed by atoms with Crippen LogP contribution in [0.1, 0.15) is 33.4 Å². The smallest absolute Gasteiger partial charge is 0.254 e. The van der Waals surface area contributed by atoms with Gasteiger partial charge in [-0.1, -0.05) is 6.07 Å². The number of nitrogens with zero attached hydrogens (tertiary/aromatic N) is 1. The van der Waals surface area contributed by atoms with Crippen molar-refractivity contribution >= 4 is 17.5 Å². The number of benzene rings is 3. The molecule has 0 fully saturated rings. The molecule has 2 atom stereocenters. The molecule has 204 valence electrons. The molecule has 0 aromatic heterocycles. The Balaban J connectivity index is 1.63. The third kappa shape index (κ3) is 4.62. The predicted molar refractivity (Wildman–Crippen MR) is 143 cm³/mol. The standard InChI is InChI=1S/C29H30N2O8/c1-31-27(16-6-8-20(34-2)22(12-16)35-3)26(18-14-23(36-4)24(37-5)15-19(18)29(31)33)28(32)30-17-7-9-21-25(13-17)39-11-10-38-21/h6-9,12-15,26-27H,10-11H2,1-5H3,(H,30,32)/t26-,27-/m1/s1. The van der Waals surface area contributed by atoms with Crippen LogP contribution in [0.2, 0.25) is 0 Å². The monoisotopic (exact) mass is 534 g/mol. The number of ether oxygens (including phenoxy) is 6. The fraction of sp³-hybridized carbons (Fsp3) is 0.310. The number of hydrogen-bond donors (Lipinski definition) is 1. The van der Waals surface area contributed by atoms with Gasteiger partial charge in [0.15, 0.2) is 34.5 Å². The van der Waals surface area contributed by atoms with E-state index in [1.807, 2.05) is 6.07 Å². The maximum absolute atomic E-state index is 14.1. The first kappa shape index (κ1) is 26.0. The van der Waals surface area contributed by atoms with Gasteiger partial charge in [0, 0.05) is 24.4 Å². The third-order valence-corrected chi connectivity index (χ3v) is 7.02. The van der Waals surface area contributed by atoms with Gasteiger partial charge < -0.3 is 38.6 Å². The minimum atomic E-state index is -0.811. The van der Waals surface area contributed by atoms with E-state index >= 15 is 0 Å². The van der Waals surface area contributed by atoms with Gasteiger partial charge in [0.05, 0.1) is 40.4 Å². The molecule has 2 amide bonds. The molecule has 3 aromatic rings. The van der Waals surface area contributed by atoms with Crippen LogP contribution in [0.25, 0.3) is 0 Å². The molecule has 0 unspecified atom stereocenters. The number of carbonyl (C=O) groups excluding carboxylic acids is 2. The summed E-state index contributed by atoms with van der Waals surface area (Å²) in [5.41, 5.74) is 2.11. The summed E-state index contributed by atoms with van der Waals surface area (Å²) in [6.07, 6.45) is 0. The topological polar surface area (TPSA) is 105 Å². The van der Waals surface area contributed by atoms with Gasteiger partial charge in [0.1, 0.15) is 13.2 Å². The number of nitrogens with one attached hydrogen (secondary N) is 1. The summed E-state index contributed by atoms with van der Waals surface area (Å²) in [5, 5.41) is 3.01. The van der Waals surface area contributed by atoms with E-state index in [-0.39, 0.29) is 11.8 Å². The van der Waals surface area contributed by atoms with Crippen LogP contribution in [-0.2, 0) is 4.79 Å². The van der Waals surface area contributed by atoms with E-state index in [1.165, 1.54) is 21.3 Å². The number of fused-ring (bicyclic) bond motifs is 2. The first-order valence-corrected chi connectivity index (χ1v) is 12.4. The Morgan fingerprint density at radius 1 is 0.821 bits per heavy atom. The number of anilines is 1. The van der Waals surface area contributed by atoms with Crippen LogP contribution in [0.15, 0.2) is 48.5 Å². The molecule has 0 spiro atoms. The summed E-state index contributed by atoms with van der Waals surface area (Å²) in [6, 6.07) is 13.2. The van der Waals surface area contributed by atoms with Crippen LogP contribution in [0, 0.1) is 0 Å². The highest BCUT2D eigenvalue weighted by atomic mass is 16.6. The van der Waals surface area contributed by atoms with Crippen LogP contribution in [0.4, 0.5) is 5.69 Å². The second kappa shape index (κ2) is 10.6. The summed E-state index contributed by atoms with van der Waals surface area (Å²) < 4.78 is 33.2. The molecule has 10 heteroatoms. The molecule has 10 nitrogen and oxygen atoms in total. The minimum Gasteiger partial charge on any atom is -0.493 e. The largest absolute Gasteiger partial charge is 0.493 e. The minimum absolute atomic E-state index is 0.255. The van der Waals surface area contributed by atoms with Gasteiger partial charge in [0.25, 0.3) is 5.91 Å². The van der Waals surface area contributed by atoms with Crippen molar-refractivity contribution in [1.82, 2.24) is 4.90 Å². The van der Waals surface area contributed by atoms with Crippen LogP contribution in [-0.4, -0.2) is 65.4 Å². The number of hydrogen-bond acceptors (Lipinski definition) is 8. The first-order chi connectivity index (χ1) is 18.9. The number of amides is 2. The van der Waals surface area contributed by atoms with Crippen molar-refractivity contribution in [3.63, 3.8) is 0 Å². The first-order valence-electron chi connectivity index (χ1n) is 12.4. The summed E-state index contributed by atoms with van der Waals surface area (Å²) in [6.45, 7) is 0.895. The van der Waals surface area contributed by atoms with Crippen molar-refractivity contribution in [2.45, 2.75) is 12.0 Å². The number of carbonyl (C=O) groups is 2. The Hall–Kier alpha value is -4.60. The van der Waals surface area contributed by atoms with E-state index in [4.69, 9.17) is 28.4 Å². The normalized spacial score (nSPS) is 17.7. The molecule has 0 saturated carbocycles. The maximum Gasteiger partial charge on any atom is 0.254 e. The zero-order valence-electron chi connectivity index (χ0n) is 22.4. The summed E-state index contributed by atoms with van der Waals surface area (Å²) in [4.78, 5) is 29.3. The van der Waals surface area contributed by atoms with E-state index in [1.54, 1.807) is 61.5 Å². The number of rotatable bonds is 7. The molecule has 0 aliphatic carbocycles. The Kier molecular flexibility index (Phi) is 7.10. The highest BCUT2D eigenvalue weighted by Gasteiger charge is 2.44. The van der Waals surface area contributed by atoms with E-state index < -0.39 is 12.0 Å². The van der Waals surface area contributed by atoms with Gasteiger partial charge in [-0.25, -0.2) is 0 Å². The maximum atomic E-state index is 14.1. The highest BCUT2D eigenvalue weighted by molar-refractivity contribution is 6.05. The van der Waals surface area contributed by atoms with E-state index in [0.29, 0.717) is 70.1 Å². The Morgan fingerprint density at radius 2 is 1.46 bits per heavy atom. The van der Waals surface area contributed by atoms with Gasteiger partial charge >= 0.3 is 0 Å². The quantitative estimate of drug-likeness (QED) is 0.484. The molecule has 39 heavy (non-hydrogen) atoms. The summed E-state index contributed by atoms with van der Waals surface area (Å²) in [7, 11) is 7.77. The lowest BCUT2D eigenvalue weighted by Crippen LogP contribution is -2.44. The summed E-state index contributed by atoms with van der Waals surface area (Å²) in [5.74, 6) is 1.62. The molecule has 0 saturated heterocycles. The van der Waals surface area contributed by atoms with Crippen LogP contribution in [0.3, 0.4) is 0 Å². The second-order valence-corrected chi connectivity index (χ2v) is 9.10. The molecular weight excluding hydrogens is 504 g/mol. The molecule has 5 rings (SSSR count). The lowest BCUT2D eigenvalue weighted by molar-refractivity contribution is -0.119. The van der Waals surface area contributed by atoms with Gasteiger partial charge in [-0.15, -0.1) is 0 Å². The average molecular weight is 535 g/mol. The lowest BCUT2D eigenvalue weighted by Gasteiger charge is -2.40. The van der Waals surface area contributed by atoms with E-state index in [0.717, 1.165) is 0 Å². The molecule has 2 heterocycles. The lowest BCUT2D eigenvalue weighted by atomic mass is 9.79. The van der Waals surface area contributed by atoms with Crippen molar-refractivity contribution in [3.8, 4) is 34.5 Å². The van der Waals surface area contributed by atoms with Crippen LogP contribution in [0.5, 0.6) is 34.5 Å². The zero-order chi connectivity index (χ0) is 27.7. The highest BCUT2D eigenvalue weighted by Crippen LogP contribution is 2.47. The molecule has 2 aliphatic heterocycles. The Bertz CT molecular complexity index is 1420. The molecule has 2 aliphatic rings. The van der Waals surface area contributed by atoms with Gasteiger partial charge in [-0.2, -0.15) is 0 Å². The zero-order valence-corrected chi connectivity index (χ0v) is 22.4. The Morgan fingerprint density at radius 3 is 2.15 bits per heavy atom. The molecule has 0 bridgehead atoms. The van der Waals surface area contributed by atoms with E-state index in [2.05, 4.69) is 5.32 Å². The van der Waals surface area contributed by atoms with Crippen molar-refractivity contribution in [2.24, 2.45) is 0 Å². The SMILES string of the molecule is COc1ccc([C@@H]2[C@H](C(=O)Nc3ccc4c(c3)OCCO4)c3cc(OC)c(OC)cc3C(=O)N2C)cc1OC. The molecule has 0 radical (unpaired) electrons. The van der Waals surface area contributed by atoms with Crippen molar-refractivity contribution in [3.05, 3.63) is 65.2 Å². The predicted octanol–water partition coefficient (Wildman–Crippen LogP) is 4.04. The van der Waals surface area contributed by atoms with Crippen LogP contribution >= 0.6 is 0 Å². The third-order valence-electron chi connectivity index (χ3n) is 7.02. The van der Waals surface area contributed by atoms with Gasteiger partial charge in [-0.3, -0.25) is 9.59 Å². The van der Waals surface area contributed by atoms with Gasteiger partial charge in [0.2, 0.25) is 5.91 Å².